The summed E-state index contributed by atoms with van der Waals surface area (Å²) in [6.07, 6.45) is 1.67. The van der Waals surface area contributed by atoms with E-state index in [1.54, 1.807) is 0 Å². The summed E-state index contributed by atoms with van der Waals surface area (Å²) in [7, 11) is 0. The summed E-state index contributed by atoms with van der Waals surface area (Å²) >= 11 is 0. The smallest absolute Gasteiger partial charge is 0.406 e. The van der Waals surface area contributed by atoms with Gasteiger partial charge in [-0.2, -0.15) is 0 Å². The average molecular weight is 329 g/mol. The third-order valence-corrected chi connectivity index (χ3v) is 4.19. The van der Waals surface area contributed by atoms with Gasteiger partial charge in [-0.1, -0.05) is 31.4 Å². The first kappa shape index (κ1) is 17.6. The molecule has 1 atom stereocenters. The maximum Gasteiger partial charge on any atom is 0.573 e. The van der Waals surface area contributed by atoms with Crippen molar-refractivity contribution in [2.45, 2.75) is 57.9 Å². The zero-order valence-electron chi connectivity index (χ0n) is 13.2. The summed E-state index contributed by atoms with van der Waals surface area (Å²) in [4.78, 5) is 12.1. The first-order valence-corrected chi connectivity index (χ1v) is 7.98. The highest BCUT2D eigenvalue weighted by Crippen LogP contribution is 2.27. The molecule has 128 valence electrons. The van der Waals surface area contributed by atoms with Crippen molar-refractivity contribution >= 4 is 5.91 Å². The van der Waals surface area contributed by atoms with Gasteiger partial charge in [0.15, 0.2) is 0 Å². The fourth-order valence-corrected chi connectivity index (χ4v) is 3.00. The molecule has 0 radical (unpaired) electrons. The molecule has 0 saturated heterocycles. The van der Waals surface area contributed by atoms with Crippen molar-refractivity contribution in [3.63, 3.8) is 0 Å². The van der Waals surface area contributed by atoms with Gasteiger partial charge in [0.05, 0.1) is 6.04 Å². The molecule has 0 aromatic heterocycles. The van der Waals surface area contributed by atoms with Crippen LogP contribution in [0.1, 0.15) is 57.1 Å². The minimum atomic E-state index is -4.69. The largest absolute Gasteiger partial charge is 0.573 e. The second kappa shape index (κ2) is 7.70. The van der Waals surface area contributed by atoms with Gasteiger partial charge in [0.2, 0.25) is 5.91 Å². The molecule has 0 heterocycles. The van der Waals surface area contributed by atoms with Gasteiger partial charge in [-0.15, -0.1) is 13.2 Å². The van der Waals surface area contributed by atoms with E-state index in [1.807, 2.05) is 6.92 Å². The number of rotatable bonds is 5. The van der Waals surface area contributed by atoms with E-state index in [1.165, 1.54) is 43.5 Å². The number of halogens is 3. The molecule has 0 bridgehead atoms. The Morgan fingerprint density at radius 3 is 2.39 bits per heavy atom. The van der Waals surface area contributed by atoms with E-state index in [2.05, 4.69) is 10.1 Å². The van der Waals surface area contributed by atoms with Crippen LogP contribution in [-0.4, -0.2) is 12.3 Å². The number of ether oxygens (including phenoxy) is 1. The highest BCUT2D eigenvalue weighted by Gasteiger charge is 2.31. The van der Waals surface area contributed by atoms with Crippen LogP contribution in [0.15, 0.2) is 24.3 Å². The van der Waals surface area contributed by atoms with E-state index in [9.17, 15) is 18.0 Å². The van der Waals surface area contributed by atoms with Crippen molar-refractivity contribution in [1.29, 1.82) is 0 Å². The molecule has 3 nitrogen and oxygen atoms in total. The monoisotopic (exact) mass is 329 g/mol. The van der Waals surface area contributed by atoms with Crippen molar-refractivity contribution in [1.82, 2.24) is 5.32 Å². The van der Waals surface area contributed by atoms with Crippen LogP contribution in [0.2, 0.25) is 0 Å². The normalized spacial score (nSPS) is 17.6. The summed E-state index contributed by atoms with van der Waals surface area (Å²) in [5, 5.41) is 2.91. The number of benzene rings is 1. The molecule has 0 aliphatic heterocycles. The van der Waals surface area contributed by atoms with Gasteiger partial charge >= 0.3 is 6.36 Å². The van der Waals surface area contributed by atoms with Gasteiger partial charge in [0.25, 0.3) is 0 Å². The summed E-state index contributed by atoms with van der Waals surface area (Å²) < 4.78 is 40.2. The molecule has 2 rings (SSSR count). The van der Waals surface area contributed by atoms with Crippen LogP contribution < -0.4 is 10.1 Å². The quantitative estimate of drug-likeness (QED) is 0.848. The number of carbonyl (C=O) groups excluding carboxylic acids is 1. The second-order valence-electron chi connectivity index (χ2n) is 6.11. The molecule has 1 amide bonds. The van der Waals surface area contributed by atoms with E-state index >= 15 is 0 Å². The molecule has 23 heavy (non-hydrogen) atoms. The van der Waals surface area contributed by atoms with Gasteiger partial charge in [0.1, 0.15) is 5.75 Å². The molecule has 1 saturated carbocycles. The average Bonchev–Trinajstić information content (AvgIpc) is 2.47. The lowest BCUT2D eigenvalue weighted by molar-refractivity contribution is -0.274. The maximum atomic E-state index is 12.1. The number of alkyl halides is 3. The molecule has 6 heteroatoms. The second-order valence-corrected chi connectivity index (χ2v) is 6.11. The maximum absolute atomic E-state index is 12.1. The van der Waals surface area contributed by atoms with E-state index in [-0.39, 0.29) is 17.7 Å². The highest BCUT2D eigenvalue weighted by molar-refractivity contribution is 5.76. The number of hydrogen-bond acceptors (Lipinski definition) is 2. The Kier molecular flexibility index (Phi) is 5.91. The SMILES string of the molecule is CC(NC(=O)CC1CCCCC1)c1ccc(OC(F)(F)F)cc1. The Hall–Kier alpha value is -1.72. The third kappa shape index (κ3) is 6.12. The molecule has 1 fully saturated rings. The number of hydrogen-bond donors (Lipinski definition) is 1. The standard InChI is InChI=1S/C17H22F3NO2/c1-12(21-16(22)11-13-5-3-2-4-6-13)14-7-9-15(10-8-14)23-17(18,19)20/h7-10,12-13H,2-6,11H2,1H3,(H,21,22). The van der Waals surface area contributed by atoms with Crippen molar-refractivity contribution in [3.8, 4) is 5.75 Å². The van der Waals surface area contributed by atoms with Crippen LogP contribution in [0, 0.1) is 5.92 Å². The topological polar surface area (TPSA) is 38.3 Å². The predicted octanol–water partition coefficient (Wildman–Crippen LogP) is 4.73. The summed E-state index contributed by atoms with van der Waals surface area (Å²) in [6.45, 7) is 1.82. The molecule has 1 unspecified atom stereocenters. The summed E-state index contributed by atoms with van der Waals surface area (Å²) in [5.41, 5.74) is 0.747. The summed E-state index contributed by atoms with van der Waals surface area (Å²) in [5.74, 6) is 0.195. The van der Waals surface area contributed by atoms with Crippen LogP contribution in [0.3, 0.4) is 0 Å². The first-order valence-electron chi connectivity index (χ1n) is 7.98. The zero-order valence-corrected chi connectivity index (χ0v) is 13.2. The van der Waals surface area contributed by atoms with Gasteiger partial charge in [-0.05, 0) is 43.4 Å². The number of carbonyl (C=O) groups is 1. The lowest BCUT2D eigenvalue weighted by atomic mass is 9.87. The minimum Gasteiger partial charge on any atom is -0.406 e. The Morgan fingerprint density at radius 1 is 1.22 bits per heavy atom. The van der Waals surface area contributed by atoms with E-state index < -0.39 is 6.36 Å². The van der Waals surface area contributed by atoms with Crippen LogP contribution in [0.25, 0.3) is 0 Å². The molecule has 1 aliphatic carbocycles. The fraction of sp³-hybridized carbons (Fsp3) is 0.588. The van der Waals surface area contributed by atoms with Gasteiger partial charge in [0, 0.05) is 6.42 Å². The van der Waals surface area contributed by atoms with Crippen molar-refractivity contribution < 1.29 is 22.7 Å². The van der Waals surface area contributed by atoms with Crippen LogP contribution in [0.5, 0.6) is 5.75 Å². The molecule has 1 aromatic carbocycles. The molecule has 0 spiro atoms. The highest BCUT2D eigenvalue weighted by atomic mass is 19.4. The van der Waals surface area contributed by atoms with E-state index in [4.69, 9.17) is 0 Å². The van der Waals surface area contributed by atoms with Crippen molar-refractivity contribution in [2.24, 2.45) is 5.92 Å². The van der Waals surface area contributed by atoms with Crippen molar-refractivity contribution in [2.75, 3.05) is 0 Å². The fourth-order valence-electron chi connectivity index (χ4n) is 3.00. The Balaban J connectivity index is 1.84. The summed E-state index contributed by atoms with van der Waals surface area (Å²) in [6, 6.07) is 5.34. The van der Waals surface area contributed by atoms with Crippen LogP contribution in [-0.2, 0) is 4.79 Å². The number of nitrogens with one attached hydrogen (secondary N) is 1. The molecular formula is C17H22F3NO2. The van der Waals surface area contributed by atoms with Gasteiger partial charge in [-0.25, -0.2) is 0 Å². The zero-order chi connectivity index (χ0) is 16.9. The van der Waals surface area contributed by atoms with Crippen molar-refractivity contribution in [3.05, 3.63) is 29.8 Å². The number of amides is 1. The molecule has 1 N–H and O–H groups in total. The van der Waals surface area contributed by atoms with Gasteiger partial charge < -0.3 is 10.1 Å². The van der Waals surface area contributed by atoms with E-state index in [0.717, 1.165) is 18.4 Å². The first-order chi connectivity index (χ1) is 10.8. The molecule has 1 aromatic rings. The van der Waals surface area contributed by atoms with E-state index in [0.29, 0.717) is 12.3 Å². The predicted molar refractivity (Wildman–Crippen MR) is 80.9 cm³/mol. The lowest BCUT2D eigenvalue weighted by Crippen LogP contribution is -2.28. The Labute approximate surface area is 134 Å². The molecular weight excluding hydrogens is 307 g/mol. The Morgan fingerprint density at radius 2 is 1.83 bits per heavy atom. The molecule has 1 aliphatic rings. The Bertz CT molecular complexity index is 508. The minimum absolute atomic E-state index is 0.0000167. The van der Waals surface area contributed by atoms with Crippen LogP contribution >= 0.6 is 0 Å². The van der Waals surface area contributed by atoms with Crippen LogP contribution in [0.4, 0.5) is 13.2 Å². The van der Waals surface area contributed by atoms with Gasteiger partial charge in [-0.3, -0.25) is 4.79 Å². The lowest BCUT2D eigenvalue weighted by Gasteiger charge is -2.22. The third-order valence-electron chi connectivity index (χ3n) is 4.19.